The molecule has 0 radical (unpaired) electrons. The molecule has 6 heteroatoms. The Bertz CT molecular complexity index is 578. The van der Waals surface area contributed by atoms with E-state index in [1.807, 2.05) is 29.0 Å². The first kappa shape index (κ1) is 17.9. The molecule has 2 rings (SSSR count). The Morgan fingerprint density at radius 2 is 1.68 bits per heavy atom. The van der Waals surface area contributed by atoms with Crippen LogP contribution in [0.15, 0.2) is 29.0 Å². The second kappa shape index (κ2) is 8.99. The maximum Gasteiger partial charge on any atom is 0.362 e. The fraction of sp³-hybridized carbons (Fsp3) is 0.500. The Kier molecular flexibility index (Phi) is 7.32. The van der Waals surface area contributed by atoms with E-state index in [4.69, 9.17) is 9.05 Å². The Labute approximate surface area is 140 Å². The molecule has 0 aliphatic carbocycles. The van der Waals surface area contributed by atoms with Gasteiger partial charge in [-0.05, 0) is 35.7 Å². The van der Waals surface area contributed by atoms with Gasteiger partial charge in [-0.15, -0.1) is 22.7 Å². The lowest BCUT2D eigenvalue weighted by atomic mass is 10.4. The van der Waals surface area contributed by atoms with E-state index in [0.717, 1.165) is 35.4 Å². The molecule has 0 N–H and O–H groups in total. The van der Waals surface area contributed by atoms with Gasteiger partial charge in [-0.25, -0.2) is 0 Å². The number of hydrogen-bond acceptors (Lipinski definition) is 5. The Morgan fingerprint density at radius 1 is 1.00 bits per heavy atom. The predicted octanol–water partition coefficient (Wildman–Crippen LogP) is 5.93. The summed E-state index contributed by atoms with van der Waals surface area (Å²) in [7, 11) is -3.24. The normalized spacial score (nSPS) is 11.9. The first-order valence-corrected chi connectivity index (χ1v) is 11.0. The van der Waals surface area contributed by atoms with Gasteiger partial charge in [0.1, 0.15) is 0 Å². The molecule has 0 unspecified atom stereocenters. The maximum atomic E-state index is 13.3. The van der Waals surface area contributed by atoms with E-state index in [2.05, 4.69) is 13.8 Å². The molecule has 0 saturated carbocycles. The highest BCUT2D eigenvalue weighted by molar-refractivity contribution is 7.63. The first-order chi connectivity index (χ1) is 10.7. The summed E-state index contributed by atoms with van der Waals surface area (Å²) in [6.07, 6.45) is 3.80. The molecule has 3 nitrogen and oxygen atoms in total. The second-order valence-corrected chi connectivity index (χ2v) is 8.84. The lowest BCUT2D eigenvalue weighted by Gasteiger charge is -2.19. The van der Waals surface area contributed by atoms with Crippen molar-refractivity contribution in [3.8, 4) is 9.75 Å². The Balaban J connectivity index is 2.24. The van der Waals surface area contributed by atoms with Crippen molar-refractivity contribution < 1.29 is 13.6 Å². The van der Waals surface area contributed by atoms with Crippen molar-refractivity contribution >= 4 is 35.6 Å². The van der Waals surface area contributed by atoms with E-state index in [0.29, 0.717) is 18.5 Å². The van der Waals surface area contributed by atoms with Gasteiger partial charge in [0, 0.05) is 4.88 Å². The van der Waals surface area contributed by atoms with Gasteiger partial charge < -0.3 is 9.05 Å². The van der Waals surface area contributed by atoms with Gasteiger partial charge in [0.25, 0.3) is 0 Å². The summed E-state index contributed by atoms with van der Waals surface area (Å²) in [5, 5.41) is 4.70. The molecule has 2 aromatic rings. The standard InChI is InChI=1S/C16H23O3PS2/c1-3-5-10-18-20(17,19-11-6-4-2)14-9-13-22-16(14)15-8-7-12-21-15/h7-9,12-13H,3-6,10-11H2,1-2H3. The van der Waals surface area contributed by atoms with E-state index in [9.17, 15) is 4.57 Å². The first-order valence-electron chi connectivity index (χ1n) is 7.72. The third kappa shape index (κ3) is 4.53. The molecule has 2 aromatic heterocycles. The average Bonchev–Trinajstić information content (AvgIpc) is 3.19. The molecule has 0 fully saturated rings. The van der Waals surface area contributed by atoms with Crippen molar-refractivity contribution in [1.29, 1.82) is 0 Å². The van der Waals surface area contributed by atoms with Crippen molar-refractivity contribution in [2.24, 2.45) is 0 Å². The molecule has 0 amide bonds. The summed E-state index contributed by atoms with van der Waals surface area (Å²) in [5.41, 5.74) is 0. The quantitative estimate of drug-likeness (QED) is 0.390. The molecule has 0 aliphatic heterocycles. The van der Waals surface area contributed by atoms with E-state index >= 15 is 0 Å². The Morgan fingerprint density at radius 3 is 2.23 bits per heavy atom. The van der Waals surface area contributed by atoms with Crippen LogP contribution in [0, 0.1) is 0 Å². The summed E-state index contributed by atoms with van der Waals surface area (Å²) in [6.45, 7) is 5.13. The van der Waals surface area contributed by atoms with Crippen molar-refractivity contribution in [3.05, 3.63) is 29.0 Å². The van der Waals surface area contributed by atoms with Gasteiger partial charge in [-0.1, -0.05) is 32.8 Å². The number of thiophene rings is 2. The maximum absolute atomic E-state index is 13.3. The number of hydrogen-bond donors (Lipinski definition) is 0. The molecule has 22 heavy (non-hydrogen) atoms. The van der Waals surface area contributed by atoms with Gasteiger partial charge in [0.2, 0.25) is 0 Å². The summed E-state index contributed by atoms with van der Waals surface area (Å²) >= 11 is 3.24. The minimum absolute atomic E-state index is 0.472. The summed E-state index contributed by atoms with van der Waals surface area (Å²) in [4.78, 5) is 2.12. The van der Waals surface area contributed by atoms with E-state index < -0.39 is 7.60 Å². The minimum Gasteiger partial charge on any atom is -0.305 e. The van der Waals surface area contributed by atoms with Crippen LogP contribution in [0.2, 0.25) is 0 Å². The fourth-order valence-electron chi connectivity index (χ4n) is 1.94. The van der Waals surface area contributed by atoms with Crippen LogP contribution in [0.1, 0.15) is 39.5 Å². The lowest BCUT2D eigenvalue weighted by Crippen LogP contribution is -2.12. The highest BCUT2D eigenvalue weighted by Crippen LogP contribution is 2.51. The SMILES string of the molecule is CCCCOP(=O)(OCCCC)c1ccsc1-c1cccs1. The molecule has 0 bridgehead atoms. The Hall–Kier alpha value is -0.450. The third-order valence-corrected chi connectivity index (χ3v) is 7.33. The molecule has 2 heterocycles. The number of rotatable bonds is 10. The summed E-state index contributed by atoms with van der Waals surface area (Å²) in [6, 6.07) is 5.94. The van der Waals surface area contributed by atoms with Crippen LogP contribution in [-0.4, -0.2) is 13.2 Å². The topological polar surface area (TPSA) is 35.5 Å². The third-order valence-electron chi connectivity index (χ3n) is 3.20. The van der Waals surface area contributed by atoms with Crippen LogP contribution < -0.4 is 5.30 Å². The largest absolute Gasteiger partial charge is 0.362 e. The summed E-state index contributed by atoms with van der Waals surface area (Å²) < 4.78 is 24.8. The minimum atomic E-state index is -3.24. The molecule has 0 spiro atoms. The van der Waals surface area contributed by atoms with Crippen LogP contribution in [0.25, 0.3) is 9.75 Å². The molecule has 0 aromatic carbocycles. The van der Waals surface area contributed by atoms with Crippen molar-refractivity contribution in [2.75, 3.05) is 13.2 Å². The van der Waals surface area contributed by atoms with Crippen molar-refractivity contribution in [2.45, 2.75) is 39.5 Å². The average molecular weight is 358 g/mol. The van der Waals surface area contributed by atoms with Gasteiger partial charge in [0.15, 0.2) is 0 Å². The van der Waals surface area contributed by atoms with Crippen LogP contribution >= 0.6 is 30.3 Å². The predicted molar refractivity (Wildman–Crippen MR) is 96.6 cm³/mol. The van der Waals surface area contributed by atoms with Crippen molar-refractivity contribution in [1.82, 2.24) is 0 Å². The highest BCUT2D eigenvalue weighted by atomic mass is 32.1. The van der Waals surface area contributed by atoms with Crippen LogP contribution in [0.3, 0.4) is 0 Å². The van der Waals surface area contributed by atoms with Crippen molar-refractivity contribution in [3.63, 3.8) is 0 Å². The fourth-order valence-corrected chi connectivity index (χ4v) is 6.01. The van der Waals surface area contributed by atoms with Gasteiger partial charge in [-0.2, -0.15) is 0 Å². The van der Waals surface area contributed by atoms with Gasteiger partial charge in [0.05, 0.1) is 23.4 Å². The molecule has 0 atom stereocenters. The van der Waals surface area contributed by atoms with Crippen LogP contribution in [0.5, 0.6) is 0 Å². The zero-order chi connectivity index (χ0) is 15.8. The molecule has 122 valence electrons. The number of unbranched alkanes of at least 4 members (excludes halogenated alkanes) is 2. The lowest BCUT2D eigenvalue weighted by molar-refractivity contribution is 0.209. The van der Waals surface area contributed by atoms with Gasteiger partial charge in [-0.3, -0.25) is 4.57 Å². The molecular weight excluding hydrogens is 335 g/mol. The van der Waals surface area contributed by atoms with Crippen LogP contribution in [-0.2, 0) is 13.6 Å². The molecular formula is C16H23O3PS2. The van der Waals surface area contributed by atoms with E-state index in [1.54, 1.807) is 22.7 Å². The van der Waals surface area contributed by atoms with E-state index in [1.165, 1.54) is 0 Å². The summed E-state index contributed by atoms with van der Waals surface area (Å²) in [5.74, 6) is 0. The highest BCUT2D eigenvalue weighted by Gasteiger charge is 2.31. The zero-order valence-corrected chi connectivity index (χ0v) is 15.6. The smallest absolute Gasteiger partial charge is 0.305 e. The van der Waals surface area contributed by atoms with E-state index in [-0.39, 0.29) is 0 Å². The monoisotopic (exact) mass is 358 g/mol. The van der Waals surface area contributed by atoms with Gasteiger partial charge >= 0.3 is 7.60 Å². The molecule has 0 aliphatic rings. The molecule has 0 saturated heterocycles. The zero-order valence-electron chi connectivity index (χ0n) is 13.1. The van der Waals surface area contributed by atoms with Crippen LogP contribution in [0.4, 0.5) is 0 Å². The second-order valence-electron chi connectivity index (χ2n) is 4.98.